The predicted molar refractivity (Wildman–Crippen MR) is 167 cm³/mol. The molecule has 4 rings (SSSR count). The highest BCUT2D eigenvalue weighted by Crippen LogP contribution is 2.69. The number of rotatable bonds is 10. The lowest BCUT2D eigenvalue weighted by Gasteiger charge is -2.64. The van der Waals surface area contributed by atoms with Crippen molar-refractivity contribution in [3.8, 4) is 0 Å². The van der Waals surface area contributed by atoms with E-state index in [4.69, 9.17) is 13.6 Å². The van der Waals surface area contributed by atoms with Gasteiger partial charge in [-0.3, -0.25) is 4.79 Å². The van der Waals surface area contributed by atoms with Crippen LogP contribution in [0.15, 0.2) is 0 Å². The number of ether oxygens (including phenoxy) is 1. The average Bonchev–Trinajstić information content (AvgIpc) is 3.26. The fraction of sp³-hybridized carbons (Fsp3) is 0.970. The maximum atomic E-state index is 12.0. The van der Waals surface area contributed by atoms with Gasteiger partial charge in [0, 0.05) is 12.5 Å². The number of carbonyl (C=O) groups is 1. The van der Waals surface area contributed by atoms with Gasteiger partial charge in [-0.05, 0) is 142 Å². The van der Waals surface area contributed by atoms with E-state index in [1.165, 1.54) is 70.6 Å². The average molecular weight is 579 g/mol. The smallest absolute Gasteiger partial charge is 0.305 e. The molecule has 0 unspecified atom stereocenters. The van der Waals surface area contributed by atoms with E-state index >= 15 is 0 Å². The molecule has 0 bridgehead atoms. The van der Waals surface area contributed by atoms with Crippen LogP contribution in [-0.2, 0) is 18.4 Å². The third-order valence-corrected chi connectivity index (χ3v) is 18.4. The number of methoxy groups -OCH3 is 1. The molecular weight excluding hydrogens is 517 g/mol. The van der Waals surface area contributed by atoms with Crippen molar-refractivity contribution >= 4 is 22.6 Å². The van der Waals surface area contributed by atoms with E-state index in [0.717, 1.165) is 30.1 Å². The Morgan fingerprint density at radius 3 is 2.21 bits per heavy atom. The van der Waals surface area contributed by atoms with Gasteiger partial charge in [0.2, 0.25) is 0 Å². The van der Waals surface area contributed by atoms with E-state index in [0.29, 0.717) is 35.9 Å². The summed E-state index contributed by atoms with van der Waals surface area (Å²) in [4.78, 5) is 12.0. The SMILES string of the molecule is CC[Si](C)(C)O[C@@H]1CC[C@@]2(C)[C@H](CC[C@@H]3[C@@H]2C[C@H](O[Si](C)(C)CC)[C@]2(C)[C@@H]([C@H](C)CCC(=O)OC)CC[C@@H]32)C1. The molecule has 0 aromatic carbocycles. The molecular formula is C33H62O4Si2. The van der Waals surface area contributed by atoms with Crippen molar-refractivity contribution in [1.82, 2.24) is 0 Å². The highest BCUT2D eigenvalue weighted by molar-refractivity contribution is 6.71. The van der Waals surface area contributed by atoms with Crippen LogP contribution in [0.5, 0.6) is 0 Å². The third-order valence-electron chi connectivity index (χ3n) is 13.1. The van der Waals surface area contributed by atoms with Crippen molar-refractivity contribution in [2.24, 2.45) is 46.3 Å². The van der Waals surface area contributed by atoms with Crippen LogP contribution >= 0.6 is 0 Å². The number of hydrogen-bond acceptors (Lipinski definition) is 4. The molecule has 0 aromatic rings. The minimum absolute atomic E-state index is 0.0617. The molecule has 6 heteroatoms. The van der Waals surface area contributed by atoms with Gasteiger partial charge in [-0.1, -0.05) is 34.6 Å². The minimum atomic E-state index is -1.73. The predicted octanol–water partition coefficient (Wildman–Crippen LogP) is 9.06. The summed E-state index contributed by atoms with van der Waals surface area (Å²) in [7, 11) is -1.74. The van der Waals surface area contributed by atoms with E-state index in [2.05, 4.69) is 60.8 Å². The van der Waals surface area contributed by atoms with E-state index in [1.807, 2.05) is 0 Å². The van der Waals surface area contributed by atoms with Crippen LogP contribution in [0.3, 0.4) is 0 Å². The van der Waals surface area contributed by atoms with Gasteiger partial charge in [0.1, 0.15) is 0 Å². The Bertz CT molecular complexity index is 861. The van der Waals surface area contributed by atoms with Crippen LogP contribution in [0.1, 0.15) is 98.8 Å². The fourth-order valence-electron chi connectivity index (χ4n) is 10.1. The lowest BCUT2D eigenvalue weighted by atomic mass is 9.43. The topological polar surface area (TPSA) is 44.8 Å². The zero-order chi connectivity index (χ0) is 28.8. The van der Waals surface area contributed by atoms with E-state index in [-0.39, 0.29) is 11.4 Å². The van der Waals surface area contributed by atoms with Gasteiger partial charge in [-0.2, -0.15) is 0 Å². The zero-order valence-electron chi connectivity index (χ0n) is 27.2. The summed E-state index contributed by atoms with van der Waals surface area (Å²) >= 11 is 0. The van der Waals surface area contributed by atoms with Crippen molar-refractivity contribution < 1.29 is 18.4 Å². The molecule has 226 valence electrons. The van der Waals surface area contributed by atoms with Gasteiger partial charge < -0.3 is 13.6 Å². The maximum Gasteiger partial charge on any atom is 0.305 e. The Morgan fingerprint density at radius 1 is 0.897 bits per heavy atom. The summed E-state index contributed by atoms with van der Waals surface area (Å²) in [6, 6.07) is 2.39. The Labute approximate surface area is 243 Å². The fourth-order valence-corrected chi connectivity index (χ4v) is 12.6. The number of carbonyl (C=O) groups excluding carboxylic acids is 1. The molecule has 4 aliphatic rings. The lowest BCUT2D eigenvalue weighted by molar-refractivity contribution is -0.169. The molecule has 0 aromatic heterocycles. The number of fused-ring (bicyclic) bond motifs is 5. The standard InChI is InChI=1S/C33H62O4Si2/c1-11-38(7,8)36-25-19-20-32(4)24(21-25)14-15-26-28-17-16-27(23(3)13-18-31(34)35-6)33(28,5)30(22-29(26)32)37-39(9,10)12-2/h23-30H,11-22H2,1-10H3/t23-,24-,25-,26+,27-,28+,29+,30+,32+,33-/m1/s1. The summed E-state index contributed by atoms with van der Waals surface area (Å²) < 4.78 is 19.2. The van der Waals surface area contributed by atoms with Gasteiger partial charge in [-0.25, -0.2) is 0 Å². The molecule has 4 saturated carbocycles. The Hall–Kier alpha value is -0.176. The summed E-state index contributed by atoms with van der Waals surface area (Å²) in [5.74, 6) is 4.27. The first-order chi connectivity index (χ1) is 18.2. The highest BCUT2D eigenvalue weighted by Gasteiger charge is 2.64. The van der Waals surface area contributed by atoms with E-state index in [1.54, 1.807) is 0 Å². The van der Waals surface area contributed by atoms with Crippen LogP contribution < -0.4 is 0 Å². The maximum absolute atomic E-state index is 12.0. The second-order valence-electron chi connectivity index (χ2n) is 15.9. The van der Waals surface area contributed by atoms with Gasteiger partial charge >= 0.3 is 5.97 Å². The lowest BCUT2D eigenvalue weighted by Crippen LogP contribution is -2.61. The molecule has 4 fully saturated rings. The monoisotopic (exact) mass is 578 g/mol. The first kappa shape index (κ1) is 31.8. The normalized spacial score (nSPS) is 41.3. The quantitative estimate of drug-likeness (QED) is 0.192. The van der Waals surface area contributed by atoms with Crippen LogP contribution in [-0.4, -0.2) is 41.9 Å². The third kappa shape index (κ3) is 6.15. The first-order valence-corrected chi connectivity index (χ1v) is 22.9. The highest BCUT2D eigenvalue weighted by atomic mass is 28.4. The molecule has 0 spiro atoms. The first-order valence-electron chi connectivity index (χ1n) is 16.6. The van der Waals surface area contributed by atoms with Crippen molar-refractivity contribution in [3.05, 3.63) is 0 Å². The van der Waals surface area contributed by atoms with Gasteiger partial charge in [-0.15, -0.1) is 0 Å². The van der Waals surface area contributed by atoms with Crippen LogP contribution in [0, 0.1) is 46.3 Å². The Kier molecular flexibility index (Phi) is 9.64. The summed E-state index contributed by atoms with van der Waals surface area (Å²) in [5.41, 5.74) is 0.645. The number of hydrogen-bond donors (Lipinski definition) is 0. The zero-order valence-corrected chi connectivity index (χ0v) is 29.2. The molecule has 4 nitrogen and oxygen atoms in total. The Morgan fingerprint density at radius 2 is 1.56 bits per heavy atom. The minimum Gasteiger partial charge on any atom is -0.469 e. The van der Waals surface area contributed by atoms with Gasteiger partial charge in [0.25, 0.3) is 0 Å². The molecule has 0 radical (unpaired) electrons. The van der Waals surface area contributed by atoms with Crippen LogP contribution in [0.4, 0.5) is 0 Å². The number of esters is 1. The van der Waals surface area contributed by atoms with E-state index in [9.17, 15) is 4.79 Å². The van der Waals surface area contributed by atoms with Crippen LogP contribution in [0.2, 0.25) is 38.3 Å². The molecule has 0 amide bonds. The van der Waals surface area contributed by atoms with Crippen molar-refractivity contribution in [2.75, 3.05) is 7.11 Å². The molecule has 0 saturated heterocycles. The second kappa shape index (κ2) is 11.8. The molecule has 4 aliphatic carbocycles. The summed E-state index contributed by atoms with van der Waals surface area (Å²) in [6.07, 6.45) is 12.9. The second-order valence-corrected chi connectivity index (χ2v) is 24.8. The van der Waals surface area contributed by atoms with Gasteiger partial charge in [0.05, 0.1) is 13.2 Å². The molecule has 39 heavy (non-hydrogen) atoms. The van der Waals surface area contributed by atoms with Gasteiger partial charge in [0.15, 0.2) is 16.6 Å². The van der Waals surface area contributed by atoms with Crippen molar-refractivity contribution in [1.29, 1.82) is 0 Å². The van der Waals surface area contributed by atoms with Crippen molar-refractivity contribution in [2.45, 2.75) is 149 Å². The largest absolute Gasteiger partial charge is 0.469 e. The van der Waals surface area contributed by atoms with Crippen molar-refractivity contribution in [3.63, 3.8) is 0 Å². The Balaban J connectivity index is 1.59. The molecule has 0 N–H and O–H groups in total. The molecule has 0 aliphatic heterocycles. The van der Waals surface area contributed by atoms with Crippen LogP contribution in [0.25, 0.3) is 0 Å². The summed E-state index contributed by atoms with van der Waals surface area (Å²) in [6.45, 7) is 22.1. The summed E-state index contributed by atoms with van der Waals surface area (Å²) in [5, 5.41) is 0. The molecule has 10 atom stereocenters. The van der Waals surface area contributed by atoms with E-state index < -0.39 is 16.6 Å². The molecule has 0 heterocycles.